The van der Waals surface area contributed by atoms with Crippen molar-refractivity contribution >= 4 is 28.6 Å². The van der Waals surface area contributed by atoms with Gasteiger partial charge in [0, 0.05) is 0 Å². The van der Waals surface area contributed by atoms with Crippen LogP contribution >= 0.6 is 22.6 Å². The lowest BCUT2D eigenvalue weighted by molar-refractivity contribution is 0.0696. The molecule has 0 aliphatic heterocycles. The van der Waals surface area contributed by atoms with Gasteiger partial charge < -0.3 is 9.84 Å². The first-order valence-corrected chi connectivity index (χ1v) is 6.25. The van der Waals surface area contributed by atoms with Gasteiger partial charge in [0.15, 0.2) is 0 Å². The van der Waals surface area contributed by atoms with Gasteiger partial charge in [0.25, 0.3) is 0 Å². The fourth-order valence-electron chi connectivity index (χ4n) is 1.35. The largest absolute Gasteiger partial charge is 0.478 e. The van der Waals surface area contributed by atoms with E-state index >= 15 is 0 Å². The van der Waals surface area contributed by atoms with E-state index < -0.39 is 5.97 Å². The Morgan fingerprint density at radius 1 is 1.37 bits per heavy atom. The number of carboxylic acid groups (broad SMARTS) is 1. The second kappa shape index (κ2) is 5.67. The van der Waals surface area contributed by atoms with E-state index in [0.717, 1.165) is 3.57 Å². The molecule has 0 unspecified atom stereocenters. The standard InChI is InChI=1S/C13H7IN2O3/c14-11-4-1-8(13(17)18)5-12(11)19-10-3-2-9(6-15)16-7-10/h1-5,7H,(H,17,18). The molecule has 1 N–H and O–H groups in total. The van der Waals surface area contributed by atoms with E-state index in [1.54, 1.807) is 12.1 Å². The summed E-state index contributed by atoms with van der Waals surface area (Å²) in [6, 6.07) is 9.66. The third kappa shape index (κ3) is 3.20. The van der Waals surface area contributed by atoms with Gasteiger partial charge >= 0.3 is 5.97 Å². The molecule has 5 nitrogen and oxygen atoms in total. The van der Waals surface area contributed by atoms with Crippen molar-refractivity contribution in [2.75, 3.05) is 0 Å². The van der Waals surface area contributed by atoms with Crippen LogP contribution in [0.4, 0.5) is 0 Å². The molecular formula is C13H7IN2O3. The van der Waals surface area contributed by atoms with Crippen molar-refractivity contribution in [1.29, 1.82) is 5.26 Å². The predicted molar refractivity (Wildman–Crippen MR) is 75.1 cm³/mol. The minimum Gasteiger partial charge on any atom is -0.478 e. The minimum absolute atomic E-state index is 0.150. The van der Waals surface area contributed by atoms with Crippen LogP contribution < -0.4 is 4.74 Å². The average molecular weight is 366 g/mol. The highest BCUT2D eigenvalue weighted by atomic mass is 127. The molecule has 0 bridgehead atoms. The lowest BCUT2D eigenvalue weighted by Crippen LogP contribution is -1.98. The molecule has 0 atom stereocenters. The van der Waals surface area contributed by atoms with Crippen LogP contribution in [-0.4, -0.2) is 16.1 Å². The number of pyridine rings is 1. The van der Waals surface area contributed by atoms with Crippen molar-refractivity contribution < 1.29 is 14.6 Å². The van der Waals surface area contributed by atoms with Crippen LogP contribution in [0.2, 0.25) is 0 Å². The summed E-state index contributed by atoms with van der Waals surface area (Å²) in [7, 11) is 0. The molecule has 0 radical (unpaired) electrons. The summed E-state index contributed by atoms with van der Waals surface area (Å²) >= 11 is 2.05. The van der Waals surface area contributed by atoms with Gasteiger partial charge in [0.05, 0.1) is 15.3 Å². The number of hydrogen-bond donors (Lipinski definition) is 1. The number of nitriles is 1. The van der Waals surface area contributed by atoms with Gasteiger partial charge in [-0.05, 0) is 52.9 Å². The molecule has 1 heterocycles. The SMILES string of the molecule is N#Cc1ccc(Oc2cc(C(=O)O)ccc2I)cn1. The van der Waals surface area contributed by atoms with Gasteiger partial charge in [-0.25, -0.2) is 9.78 Å². The highest BCUT2D eigenvalue weighted by molar-refractivity contribution is 14.1. The second-order valence-corrected chi connectivity index (χ2v) is 4.71. The maximum Gasteiger partial charge on any atom is 0.335 e. The molecule has 0 amide bonds. The van der Waals surface area contributed by atoms with Crippen LogP contribution in [-0.2, 0) is 0 Å². The van der Waals surface area contributed by atoms with Crippen molar-refractivity contribution in [3.05, 3.63) is 51.4 Å². The Morgan fingerprint density at radius 2 is 2.16 bits per heavy atom. The Hall–Kier alpha value is -2.14. The molecule has 0 spiro atoms. The number of aromatic carboxylic acids is 1. The first-order valence-electron chi connectivity index (χ1n) is 5.17. The summed E-state index contributed by atoms with van der Waals surface area (Å²) in [6.45, 7) is 0. The van der Waals surface area contributed by atoms with Crippen LogP contribution in [0.15, 0.2) is 36.5 Å². The molecule has 0 fully saturated rings. The quantitative estimate of drug-likeness (QED) is 0.845. The Kier molecular flexibility index (Phi) is 3.97. The summed E-state index contributed by atoms with van der Waals surface area (Å²) in [5, 5.41) is 17.6. The van der Waals surface area contributed by atoms with Gasteiger partial charge in [0.1, 0.15) is 23.3 Å². The first kappa shape index (κ1) is 13.3. The van der Waals surface area contributed by atoms with Crippen molar-refractivity contribution in [1.82, 2.24) is 4.98 Å². The Labute approximate surface area is 122 Å². The van der Waals surface area contributed by atoms with E-state index in [1.165, 1.54) is 24.4 Å². The molecule has 2 aromatic rings. The van der Waals surface area contributed by atoms with Crippen molar-refractivity contribution in [3.63, 3.8) is 0 Å². The minimum atomic E-state index is -1.01. The third-order valence-electron chi connectivity index (χ3n) is 2.26. The van der Waals surface area contributed by atoms with Gasteiger partial charge in [-0.15, -0.1) is 0 Å². The molecule has 0 aliphatic rings. The third-order valence-corrected chi connectivity index (χ3v) is 3.15. The smallest absolute Gasteiger partial charge is 0.335 e. The zero-order valence-electron chi connectivity index (χ0n) is 9.50. The normalized spacial score (nSPS) is 9.68. The van der Waals surface area contributed by atoms with Crippen LogP contribution in [0.3, 0.4) is 0 Å². The number of hydrogen-bond acceptors (Lipinski definition) is 4. The van der Waals surface area contributed by atoms with E-state index in [0.29, 0.717) is 17.2 Å². The zero-order chi connectivity index (χ0) is 13.8. The number of carboxylic acids is 1. The molecule has 19 heavy (non-hydrogen) atoms. The highest BCUT2D eigenvalue weighted by Crippen LogP contribution is 2.27. The zero-order valence-corrected chi connectivity index (χ0v) is 11.7. The van der Waals surface area contributed by atoms with Gasteiger partial charge in [-0.2, -0.15) is 5.26 Å². The van der Waals surface area contributed by atoms with Crippen LogP contribution in [0.25, 0.3) is 0 Å². The van der Waals surface area contributed by atoms with Gasteiger partial charge in [-0.3, -0.25) is 0 Å². The number of aromatic nitrogens is 1. The van der Waals surface area contributed by atoms with E-state index in [2.05, 4.69) is 27.6 Å². The lowest BCUT2D eigenvalue weighted by atomic mass is 10.2. The lowest BCUT2D eigenvalue weighted by Gasteiger charge is -2.08. The molecule has 0 saturated carbocycles. The number of ether oxygens (including phenoxy) is 1. The van der Waals surface area contributed by atoms with Crippen molar-refractivity contribution in [2.24, 2.45) is 0 Å². The Balaban J connectivity index is 2.29. The highest BCUT2D eigenvalue weighted by Gasteiger charge is 2.09. The second-order valence-electron chi connectivity index (χ2n) is 3.54. The fraction of sp³-hybridized carbons (Fsp3) is 0. The van der Waals surface area contributed by atoms with E-state index in [9.17, 15) is 4.79 Å². The predicted octanol–water partition coefficient (Wildman–Crippen LogP) is 3.05. The number of rotatable bonds is 3. The maximum atomic E-state index is 10.9. The monoisotopic (exact) mass is 366 g/mol. The topological polar surface area (TPSA) is 83.2 Å². The van der Waals surface area contributed by atoms with E-state index in [1.807, 2.05) is 6.07 Å². The Bertz CT molecular complexity index is 663. The molecule has 94 valence electrons. The first-order chi connectivity index (χ1) is 9.10. The number of halogens is 1. The summed E-state index contributed by atoms with van der Waals surface area (Å²) in [5.41, 5.74) is 0.443. The van der Waals surface area contributed by atoms with Crippen LogP contribution in [0.5, 0.6) is 11.5 Å². The molecule has 0 saturated heterocycles. The maximum absolute atomic E-state index is 10.9. The summed E-state index contributed by atoms with van der Waals surface area (Å²) < 4.78 is 6.34. The molecule has 1 aromatic heterocycles. The van der Waals surface area contributed by atoms with Crippen molar-refractivity contribution in [2.45, 2.75) is 0 Å². The van der Waals surface area contributed by atoms with Crippen molar-refractivity contribution in [3.8, 4) is 17.6 Å². The number of benzene rings is 1. The fourth-order valence-corrected chi connectivity index (χ4v) is 1.79. The van der Waals surface area contributed by atoms with Gasteiger partial charge in [0.2, 0.25) is 0 Å². The molecular weight excluding hydrogens is 359 g/mol. The van der Waals surface area contributed by atoms with Crippen LogP contribution in [0.1, 0.15) is 16.1 Å². The summed E-state index contributed by atoms with van der Waals surface area (Å²) in [6.07, 6.45) is 1.42. The number of nitrogens with zero attached hydrogens (tertiary/aromatic N) is 2. The molecule has 2 rings (SSSR count). The average Bonchev–Trinajstić information content (AvgIpc) is 2.42. The molecule has 0 aliphatic carbocycles. The Morgan fingerprint density at radius 3 is 2.74 bits per heavy atom. The number of carbonyl (C=O) groups is 1. The molecule has 1 aromatic carbocycles. The summed E-state index contributed by atoms with van der Waals surface area (Å²) in [4.78, 5) is 14.8. The van der Waals surface area contributed by atoms with Crippen LogP contribution in [0, 0.1) is 14.9 Å². The van der Waals surface area contributed by atoms with E-state index in [4.69, 9.17) is 15.1 Å². The molecule has 6 heteroatoms. The van der Waals surface area contributed by atoms with Gasteiger partial charge in [-0.1, -0.05) is 0 Å². The van der Waals surface area contributed by atoms with E-state index in [-0.39, 0.29) is 5.56 Å². The summed E-state index contributed by atoms with van der Waals surface area (Å²) in [5.74, 6) is -0.134.